The number of H-pyrrole nitrogens is 1. The Hall–Kier alpha value is -2.10. The number of hydrogen-bond acceptors (Lipinski definition) is 2. The molecule has 3 aromatic rings. The minimum Gasteiger partial charge on any atom is -0.277 e. The molecule has 0 saturated carbocycles. The van der Waals surface area contributed by atoms with Gasteiger partial charge in [0.05, 0.1) is 11.7 Å². The highest BCUT2D eigenvalue weighted by molar-refractivity contribution is 5.93. The molecule has 0 aliphatic rings. The predicted octanol–water partition coefficient (Wildman–Crippen LogP) is 3.09. The molecule has 0 spiro atoms. The van der Waals surface area contributed by atoms with Gasteiger partial charge in [-0.25, -0.2) is 0 Å². The van der Waals surface area contributed by atoms with E-state index in [0.717, 1.165) is 22.2 Å². The van der Waals surface area contributed by atoms with Gasteiger partial charge in [0.2, 0.25) is 0 Å². The molecule has 0 bridgehead atoms. The fourth-order valence-corrected chi connectivity index (χ4v) is 2.15. The number of nitrogens with one attached hydrogen (secondary N) is 1. The third kappa shape index (κ3) is 1.70. The standard InChI is InChI=1S/C14H16N4/c1-9(2)10-4-5-13-12(6-10)14(17-16-13)11-7-15-18(3)8-11/h4-9H,1-3H3,(H,16,17). The van der Waals surface area contributed by atoms with Crippen molar-refractivity contribution in [3.8, 4) is 11.3 Å². The van der Waals surface area contributed by atoms with Crippen LogP contribution in [0.2, 0.25) is 0 Å². The van der Waals surface area contributed by atoms with Gasteiger partial charge in [0.15, 0.2) is 0 Å². The maximum atomic E-state index is 4.40. The molecule has 2 heterocycles. The van der Waals surface area contributed by atoms with Crippen LogP contribution in [0.5, 0.6) is 0 Å². The van der Waals surface area contributed by atoms with Gasteiger partial charge in [0.25, 0.3) is 0 Å². The SMILES string of the molecule is CC(C)c1ccc2[nH]nc(-c3cnn(C)c3)c2c1. The monoisotopic (exact) mass is 240 g/mol. The van der Waals surface area contributed by atoms with Crippen molar-refractivity contribution in [1.29, 1.82) is 0 Å². The van der Waals surface area contributed by atoms with Crippen molar-refractivity contribution in [3.63, 3.8) is 0 Å². The molecule has 0 radical (unpaired) electrons. The molecular weight excluding hydrogens is 224 g/mol. The minimum atomic E-state index is 0.519. The number of aromatic amines is 1. The Morgan fingerprint density at radius 1 is 1.28 bits per heavy atom. The van der Waals surface area contributed by atoms with Gasteiger partial charge in [-0.2, -0.15) is 10.2 Å². The minimum absolute atomic E-state index is 0.519. The van der Waals surface area contributed by atoms with Crippen LogP contribution >= 0.6 is 0 Å². The molecule has 0 fully saturated rings. The second-order valence-electron chi connectivity index (χ2n) is 4.93. The van der Waals surface area contributed by atoms with Crippen LogP contribution < -0.4 is 0 Å². The van der Waals surface area contributed by atoms with Gasteiger partial charge in [-0.15, -0.1) is 0 Å². The number of aromatic nitrogens is 4. The second-order valence-corrected chi connectivity index (χ2v) is 4.93. The molecule has 1 N–H and O–H groups in total. The predicted molar refractivity (Wildman–Crippen MR) is 72.4 cm³/mol. The first-order valence-electron chi connectivity index (χ1n) is 6.12. The lowest BCUT2D eigenvalue weighted by Crippen LogP contribution is -1.86. The fourth-order valence-electron chi connectivity index (χ4n) is 2.15. The van der Waals surface area contributed by atoms with Gasteiger partial charge in [-0.3, -0.25) is 9.78 Å². The van der Waals surface area contributed by atoms with E-state index in [9.17, 15) is 0 Å². The van der Waals surface area contributed by atoms with Crippen LogP contribution in [0.3, 0.4) is 0 Å². The number of rotatable bonds is 2. The zero-order valence-electron chi connectivity index (χ0n) is 10.8. The van der Waals surface area contributed by atoms with Crippen LogP contribution in [0.15, 0.2) is 30.6 Å². The first-order chi connectivity index (χ1) is 8.65. The van der Waals surface area contributed by atoms with E-state index in [0.29, 0.717) is 5.92 Å². The Morgan fingerprint density at radius 2 is 2.11 bits per heavy atom. The molecule has 3 rings (SSSR count). The first kappa shape index (κ1) is 11.0. The van der Waals surface area contributed by atoms with E-state index in [1.165, 1.54) is 5.56 Å². The molecule has 0 atom stereocenters. The first-order valence-corrected chi connectivity index (χ1v) is 6.12. The third-order valence-electron chi connectivity index (χ3n) is 3.23. The Morgan fingerprint density at radius 3 is 2.78 bits per heavy atom. The Labute approximate surface area is 106 Å². The quantitative estimate of drug-likeness (QED) is 0.748. The van der Waals surface area contributed by atoms with Crippen molar-refractivity contribution in [1.82, 2.24) is 20.0 Å². The lowest BCUT2D eigenvalue weighted by atomic mass is 10.0. The molecule has 2 aromatic heterocycles. The van der Waals surface area contributed by atoms with E-state index < -0.39 is 0 Å². The summed E-state index contributed by atoms with van der Waals surface area (Å²) in [4.78, 5) is 0. The molecule has 0 amide bonds. The second kappa shape index (κ2) is 3.98. The van der Waals surface area contributed by atoms with Gasteiger partial charge < -0.3 is 0 Å². The smallest absolute Gasteiger partial charge is 0.103 e. The molecular formula is C14H16N4. The van der Waals surface area contributed by atoms with Crippen LogP contribution in [0.25, 0.3) is 22.2 Å². The maximum absolute atomic E-state index is 4.40. The summed E-state index contributed by atoms with van der Waals surface area (Å²) in [5.74, 6) is 0.519. The van der Waals surface area contributed by atoms with Crippen molar-refractivity contribution in [2.45, 2.75) is 19.8 Å². The van der Waals surface area contributed by atoms with Crippen molar-refractivity contribution in [2.75, 3.05) is 0 Å². The summed E-state index contributed by atoms with van der Waals surface area (Å²) < 4.78 is 1.79. The lowest BCUT2D eigenvalue weighted by molar-refractivity contribution is 0.768. The Bertz CT molecular complexity index is 691. The van der Waals surface area contributed by atoms with E-state index >= 15 is 0 Å². The summed E-state index contributed by atoms with van der Waals surface area (Å²) in [6.45, 7) is 4.40. The summed E-state index contributed by atoms with van der Waals surface area (Å²) in [6, 6.07) is 6.46. The average molecular weight is 240 g/mol. The summed E-state index contributed by atoms with van der Waals surface area (Å²) >= 11 is 0. The lowest BCUT2D eigenvalue weighted by Gasteiger charge is -2.04. The summed E-state index contributed by atoms with van der Waals surface area (Å²) in [5, 5.41) is 12.8. The summed E-state index contributed by atoms with van der Waals surface area (Å²) in [7, 11) is 1.91. The molecule has 18 heavy (non-hydrogen) atoms. The van der Waals surface area contributed by atoms with Gasteiger partial charge in [0, 0.05) is 24.2 Å². The Kier molecular flexibility index (Phi) is 2.44. The average Bonchev–Trinajstić information content (AvgIpc) is 2.93. The zero-order valence-corrected chi connectivity index (χ0v) is 10.8. The fraction of sp³-hybridized carbons (Fsp3) is 0.286. The zero-order chi connectivity index (χ0) is 12.7. The van der Waals surface area contributed by atoms with E-state index in [2.05, 4.69) is 47.3 Å². The van der Waals surface area contributed by atoms with E-state index in [1.807, 2.05) is 19.4 Å². The van der Waals surface area contributed by atoms with Crippen LogP contribution in [0.4, 0.5) is 0 Å². The maximum Gasteiger partial charge on any atom is 0.103 e. The normalized spacial score (nSPS) is 11.6. The van der Waals surface area contributed by atoms with Crippen molar-refractivity contribution < 1.29 is 0 Å². The Balaban J connectivity index is 2.20. The number of hydrogen-bond donors (Lipinski definition) is 1. The van der Waals surface area contributed by atoms with E-state index in [4.69, 9.17) is 0 Å². The molecule has 0 aliphatic carbocycles. The largest absolute Gasteiger partial charge is 0.277 e. The number of fused-ring (bicyclic) bond motifs is 1. The summed E-state index contributed by atoms with van der Waals surface area (Å²) in [6.07, 6.45) is 3.83. The molecule has 0 unspecified atom stereocenters. The van der Waals surface area contributed by atoms with E-state index in [-0.39, 0.29) is 0 Å². The molecule has 4 heteroatoms. The van der Waals surface area contributed by atoms with Crippen LogP contribution in [-0.4, -0.2) is 20.0 Å². The summed E-state index contributed by atoms with van der Waals surface area (Å²) in [5.41, 5.74) is 4.41. The van der Waals surface area contributed by atoms with E-state index in [1.54, 1.807) is 4.68 Å². The van der Waals surface area contributed by atoms with Crippen molar-refractivity contribution >= 4 is 10.9 Å². The molecule has 1 aromatic carbocycles. The van der Waals surface area contributed by atoms with Gasteiger partial charge in [0.1, 0.15) is 5.69 Å². The van der Waals surface area contributed by atoms with Crippen LogP contribution in [0, 0.1) is 0 Å². The highest BCUT2D eigenvalue weighted by Gasteiger charge is 2.11. The highest BCUT2D eigenvalue weighted by atomic mass is 15.2. The molecule has 0 aliphatic heterocycles. The number of nitrogens with zero attached hydrogens (tertiary/aromatic N) is 3. The van der Waals surface area contributed by atoms with Gasteiger partial charge in [-0.1, -0.05) is 19.9 Å². The van der Waals surface area contributed by atoms with Crippen LogP contribution in [0.1, 0.15) is 25.3 Å². The van der Waals surface area contributed by atoms with Crippen molar-refractivity contribution in [2.24, 2.45) is 7.05 Å². The number of aryl methyl sites for hydroxylation is 1. The molecule has 4 nitrogen and oxygen atoms in total. The topological polar surface area (TPSA) is 46.5 Å². The highest BCUT2D eigenvalue weighted by Crippen LogP contribution is 2.28. The third-order valence-corrected chi connectivity index (χ3v) is 3.23. The number of benzene rings is 1. The van der Waals surface area contributed by atoms with Crippen molar-refractivity contribution in [3.05, 3.63) is 36.2 Å². The van der Waals surface area contributed by atoms with Gasteiger partial charge >= 0.3 is 0 Å². The van der Waals surface area contributed by atoms with Crippen LogP contribution in [-0.2, 0) is 7.05 Å². The molecule has 92 valence electrons. The van der Waals surface area contributed by atoms with Gasteiger partial charge in [-0.05, 0) is 23.6 Å². The molecule has 0 saturated heterocycles.